The molecular formula is C22H20ClFN4O4S. The van der Waals surface area contributed by atoms with E-state index in [0.29, 0.717) is 10.7 Å². The van der Waals surface area contributed by atoms with E-state index in [4.69, 9.17) is 16.7 Å². The van der Waals surface area contributed by atoms with Gasteiger partial charge in [-0.25, -0.2) is 22.7 Å². The van der Waals surface area contributed by atoms with Gasteiger partial charge in [0.2, 0.25) is 15.9 Å². The van der Waals surface area contributed by atoms with Gasteiger partial charge in [0.25, 0.3) is 0 Å². The molecular weight excluding hydrogens is 471 g/mol. The van der Waals surface area contributed by atoms with Crippen molar-refractivity contribution in [1.29, 1.82) is 0 Å². The molecule has 33 heavy (non-hydrogen) atoms. The van der Waals surface area contributed by atoms with Crippen LogP contribution in [0, 0.1) is 5.82 Å². The first-order chi connectivity index (χ1) is 15.5. The molecule has 0 aliphatic carbocycles. The second kappa shape index (κ2) is 9.99. The van der Waals surface area contributed by atoms with E-state index in [0.717, 1.165) is 11.0 Å². The standard InChI is InChI=1S/C22H20ClFN4O4S/c1-28(22(30)26-16-9-7-15(23)8-10-16)13-21(29)27-19-11-6-14(12-18(19)24)17-4-2-3-5-20(17)33(25,31)32/h2-12H,13H2,1H3,(H,26,30)(H,27,29)(H2,25,31,32). The molecule has 172 valence electrons. The third-order valence-electron chi connectivity index (χ3n) is 4.57. The molecule has 0 aliphatic rings. The molecule has 0 fully saturated rings. The van der Waals surface area contributed by atoms with Gasteiger partial charge < -0.3 is 15.5 Å². The van der Waals surface area contributed by atoms with E-state index in [1.807, 2.05) is 0 Å². The van der Waals surface area contributed by atoms with E-state index >= 15 is 0 Å². The molecule has 3 amide bonds. The van der Waals surface area contributed by atoms with Crippen molar-refractivity contribution in [3.05, 3.63) is 77.6 Å². The highest BCUT2D eigenvalue weighted by Crippen LogP contribution is 2.29. The highest BCUT2D eigenvalue weighted by molar-refractivity contribution is 7.89. The third kappa shape index (κ3) is 6.28. The molecule has 3 aromatic rings. The van der Waals surface area contributed by atoms with Crippen molar-refractivity contribution in [1.82, 2.24) is 4.90 Å². The number of nitrogens with zero attached hydrogens (tertiary/aromatic N) is 1. The number of carbonyl (C=O) groups is 2. The van der Waals surface area contributed by atoms with Gasteiger partial charge in [-0.3, -0.25) is 4.79 Å². The van der Waals surface area contributed by atoms with Crippen LogP contribution in [0.1, 0.15) is 0 Å². The van der Waals surface area contributed by atoms with Crippen LogP contribution in [-0.4, -0.2) is 38.8 Å². The topological polar surface area (TPSA) is 122 Å². The van der Waals surface area contributed by atoms with Crippen molar-refractivity contribution < 1.29 is 22.4 Å². The number of anilines is 2. The van der Waals surface area contributed by atoms with Crippen molar-refractivity contribution >= 4 is 44.9 Å². The number of urea groups is 1. The van der Waals surface area contributed by atoms with Crippen molar-refractivity contribution in [2.45, 2.75) is 4.90 Å². The summed E-state index contributed by atoms with van der Waals surface area (Å²) in [6.45, 7) is -0.338. The number of rotatable bonds is 6. The van der Waals surface area contributed by atoms with Crippen LogP contribution in [0.5, 0.6) is 0 Å². The number of sulfonamides is 1. The van der Waals surface area contributed by atoms with Gasteiger partial charge in [0, 0.05) is 23.3 Å². The van der Waals surface area contributed by atoms with Gasteiger partial charge in [-0.1, -0.05) is 35.9 Å². The molecule has 0 heterocycles. The molecule has 3 rings (SSSR count). The van der Waals surface area contributed by atoms with E-state index < -0.39 is 27.8 Å². The summed E-state index contributed by atoms with van der Waals surface area (Å²) < 4.78 is 38.2. The summed E-state index contributed by atoms with van der Waals surface area (Å²) in [5.41, 5.74) is 0.881. The Morgan fingerprint density at radius 2 is 1.70 bits per heavy atom. The van der Waals surface area contributed by atoms with Crippen LogP contribution in [0.3, 0.4) is 0 Å². The Bertz CT molecular complexity index is 1300. The predicted molar refractivity (Wildman–Crippen MR) is 125 cm³/mol. The lowest BCUT2D eigenvalue weighted by molar-refractivity contribution is -0.116. The van der Waals surface area contributed by atoms with Gasteiger partial charge in [-0.05, 0) is 48.0 Å². The maximum Gasteiger partial charge on any atom is 0.322 e. The van der Waals surface area contributed by atoms with Crippen LogP contribution in [0.2, 0.25) is 5.02 Å². The predicted octanol–water partition coefficient (Wildman–Crippen LogP) is 3.90. The number of hydrogen-bond acceptors (Lipinski definition) is 4. The minimum Gasteiger partial charge on any atom is -0.322 e. The lowest BCUT2D eigenvalue weighted by Gasteiger charge is -2.18. The molecule has 11 heteroatoms. The SMILES string of the molecule is CN(CC(=O)Nc1ccc(-c2ccccc2S(N)(=O)=O)cc1F)C(=O)Nc1ccc(Cl)cc1. The molecule has 0 unspecified atom stereocenters. The second-order valence-corrected chi connectivity index (χ2v) is 9.04. The van der Waals surface area contributed by atoms with Crippen molar-refractivity contribution in [3.8, 4) is 11.1 Å². The second-order valence-electron chi connectivity index (χ2n) is 7.08. The maximum atomic E-state index is 14.6. The number of hydrogen-bond donors (Lipinski definition) is 3. The summed E-state index contributed by atoms with van der Waals surface area (Å²) in [7, 11) is -2.60. The maximum absolute atomic E-state index is 14.6. The first-order valence-electron chi connectivity index (χ1n) is 9.54. The largest absolute Gasteiger partial charge is 0.322 e. The molecule has 0 atom stereocenters. The Kier molecular flexibility index (Phi) is 7.32. The molecule has 0 bridgehead atoms. The zero-order valence-corrected chi connectivity index (χ0v) is 19.0. The average molecular weight is 491 g/mol. The minimum absolute atomic E-state index is 0.122. The number of likely N-dealkylation sites (N-methyl/N-ethyl adjacent to an activating group) is 1. The normalized spacial score (nSPS) is 11.0. The van der Waals surface area contributed by atoms with Crippen LogP contribution in [-0.2, 0) is 14.8 Å². The fourth-order valence-electron chi connectivity index (χ4n) is 2.97. The number of halogens is 2. The summed E-state index contributed by atoms with van der Waals surface area (Å²) in [5, 5.41) is 10.8. The van der Waals surface area contributed by atoms with Crippen LogP contribution in [0.4, 0.5) is 20.6 Å². The van der Waals surface area contributed by atoms with Gasteiger partial charge in [-0.15, -0.1) is 0 Å². The highest BCUT2D eigenvalue weighted by Gasteiger charge is 2.17. The van der Waals surface area contributed by atoms with Crippen LogP contribution in [0.15, 0.2) is 71.6 Å². The van der Waals surface area contributed by atoms with E-state index in [-0.39, 0.29) is 28.3 Å². The lowest BCUT2D eigenvalue weighted by Crippen LogP contribution is -2.37. The number of benzene rings is 3. The Hall–Kier alpha value is -3.47. The first-order valence-corrected chi connectivity index (χ1v) is 11.5. The Balaban J connectivity index is 1.67. The number of primary sulfonamides is 1. The smallest absolute Gasteiger partial charge is 0.322 e. The molecule has 0 aromatic heterocycles. The van der Waals surface area contributed by atoms with Gasteiger partial charge in [0.15, 0.2) is 0 Å². The molecule has 3 aromatic carbocycles. The van der Waals surface area contributed by atoms with Crippen molar-refractivity contribution in [3.63, 3.8) is 0 Å². The van der Waals surface area contributed by atoms with Gasteiger partial charge in [0.1, 0.15) is 12.4 Å². The van der Waals surface area contributed by atoms with E-state index in [1.54, 1.807) is 30.3 Å². The Labute approximate surface area is 195 Å². The fraction of sp³-hybridized carbons (Fsp3) is 0.0909. The van der Waals surface area contributed by atoms with Crippen molar-refractivity contribution in [2.75, 3.05) is 24.2 Å². The molecule has 0 saturated carbocycles. The fourth-order valence-corrected chi connectivity index (χ4v) is 3.85. The van der Waals surface area contributed by atoms with E-state index in [1.165, 1.54) is 37.4 Å². The zero-order chi connectivity index (χ0) is 24.2. The number of carbonyl (C=O) groups excluding carboxylic acids is 2. The molecule has 0 aliphatic heterocycles. The number of amides is 3. The molecule has 4 N–H and O–H groups in total. The van der Waals surface area contributed by atoms with Gasteiger partial charge in [0.05, 0.1) is 10.6 Å². The Morgan fingerprint density at radius 1 is 1.03 bits per heavy atom. The number of nitrogens with two attached hydrogens (primary N) is 1. The quantitative estimate of drug-likeness (QED) is 0.485. The third-order valence-corrected chi connectivity index (χ3v) is 5.79. The minimum atomic E-state index is -4.01. The van der Waals surface area contributed by atoms with Crippen LogP contribution < -0.4 is 15.8 Å². The summed E-state index contributed by atoms with van der Waals surface area (Å²) in [6.07, 6.45) is 0. The lowest BCUT2D eigenvalue weighted by atomic mass is 10.0. The highest BCUT2D eigenvalue weighted by atomic mass is 35.5. The summed E-state index contributed by atoms with van der Waals surface area (Å²) in [6, 6.07) is 15.7. The number of nitrogens with one attached hydrogen (secondary N) is 2. The zero-order valence-electron chi connectivity index (χ0n) is 17.4. The van der Waals surface area contributed by atoms with E-state index in [9.17, 15) is 22.4 Å². The average Bonchev–Trinajstić information content (AvgIpc) is 2.76. The molecule has 8 nitrogen and oxygen atoms in total. The van der Waals surface area contributed by atoms with Gasteiger partial charge in [-0.2, -0.15) is 0 Å². The molecule has 0 spiro atoms. The molecule has 0 saturated heterocycles. The van der Waals surface area contributed by atoms with Crippen LogP contribution in [0.25, 0.3) is 11.1 Å². The monoisotopic (exact) mass is 490 g/mol. The molecule has 0 radical (unpaired) electrons. The summed E-state index contributed by atoms with van der Waals surface area (Å²) in [4.78, 5) is 25.5. The van der Waals surface area contributed by atoms with Gasteiger partial charge >= 0.3 is 6.03 Å². The summed E-state index contributed by atoms with van der Waals surface area (Å²) >= 11 is 5.80. The summed E-state index contributed by atoms with van der Waals surface area (Å²) in [5.74, 6) is -1.40. The van der Waals surface area contributed by atoms with E-state index in [2.05, 4.69) is 10.6 Å². The van der Waals surface area contributed by atoms with Crippen LogP contribution >= 0.6 is 11.6 Å². The Morgan fingerprint density at radius 3 is 2.33 bits per heavy atom. The van der Waals surface area contributed by atoms with Crippen molar-refractivity contribution in [2.24, 2.45) is 5.14 Å². The first kappa shape index (κ1) is 24.2.